The summed E-state index contributed by atoms with van der Waals surface area (Å²) in [6.45, 7) is 20.6. The molecule has 0 N–H and O–H groups in total. The number of ether oxygens (including phenoxy) is 1. The molecule has 1 aliphatic heterocycles. The lowest BCUT2D eigenvalue weighted by atomic mass is 9.33. The molecule has 4 aliphatic carbocycles. The van der Waals surface area contributed by atoms with Gasteiger partial charge in [0.05, 0.1) is 18.8 Å². The number of hydrogen-bond donors (Lipinski definition) is 0. The summed E-state index contributed by atoms with van der Waals surface area (Å²) in [5.41, 5.74) is 3.08. The van der Waals surface area contributed by atoms with Crippen molar-refractivity contribution in [1.29, 1.82) is 5.26 Å². The summed E-state index contributed by atoms with van der Waals surface area (Å²) in [4.78, 5) is 0. The van der Waals surface area contributed by atoms with Gasteiger partial charge in [-0.15, -0.1) is 0 Å². The molecule has 3 unspecified atom stereocenters. The Bertz CT molecular complexity index is 838. The van der Waals surface area contributed by atoms with Crippen molar-refractivity contribution in [3.63, 3.8) is 0 Å². The zero-order chi connectivity index (χ0) is 23.2. The molecule has 9 atom stereocenters. The maximum Gasteiger partial charge on any atom is 0.0663 e. The molecule has 5 aliphatic rings. The minimum Gasteiger partial charge on any atom is -0.377 e. The third kappa shape index (κ3) is 2.73. The summed E-state index contributed by atoms with van der Waals surface area (Å²) < 4.78 is 6.69. The molecule has 4 saturated carbocycles. The molecular formula is C30H47NO. The van der Waals surface area contributed by atoms with Crippen molar-refractivity contribution in [1.82, 2.24) is 0 Å². The fraction of sp³-hybridized carbons (Fsp3) is 0.900. The number of allylic oxidation sites excluding steroid dienone is 1. The topological polar surface area (TPSA) is 33.0 Å². The van der Waals surface area contributed by atoms with Crippen LogP contribution in [0.1, 0.15) is 106 Å². The predicted octanol–water partition coefficient (Wildman–Crippen LogP) is 7.94. The third-order valence-electron chi connectivity index (χ3n) is 12.8. The molecule has 1 heterocycles. The van der Waals surface area contributed by atoms with E-state index in [-0.39, 0.29) is 5.41 Å². The first-order valence-corrected chi connectivity index (χ1v) is 13.6. The van der Waals surface area contributed by atoms with Gasteiger partial charge in [0.25, 0.3) is 0 Å². The number of nitriles is 1. The Morgan fingerprint density at radius 2 is 1.69 bits per heavy atom. The van der Waals surface area contributed by atoms with Crippen LogP contribution in [-0.4, -0.2) is 12.7 Å². The van der Waals surface area contributed by atoms with Crippen LogP contribution in [0.4, 0.5) is 0 Å². The van der Waals surface area contributed by atoms with Crippen molar-refractivity contribution in [2.75, 3.05) is 6.61 Å². The standard InChI is InChI=1S/C30H47NO/c1-20(2)21-11-13-29(7)23(27(21,5)12-8-18-31)10-9-22-24-25-26(3,4)14-16-30(24,19-32-25)17-15-28(22,29)6/h21-25H,1,8-17,19H2,2-7H3/t21?,22?,23?,24-,25+,27-,28+,29+,30+/m0/s1. The molecule has 0 amide bonds. The molecule has 0 aromatic heterocycles. The number of hydrogen-bond acceptors (Lipinski definition) is 2. The summed E-state index contributed by atoms with van der Waals surface area (Å²) >= 11 is 0. The summed E-state index contributed by atoms with van der Waals surface area (Å²) in [6, 6.07) is 2.49. The zero-order valence-corrected chi connectivity index (χ0v) is 21.7. The van der Waals surface area contributed by atoms with Gasteiger partial charge in [0, 0.05) is 6.42 Å². The lowest BCUT2D eigenvalue weighted by molar-refractivity contribution is -0.224. The Morgan fingerprint density at radius 3 is 2.38 bits per heavy atom. The van der Waals surface area contributed by atoms with E-state index in [4.69, 9.17) is 4.74 Å². The van der Waals surface area contributed by atoms with E-state index in [1.807, 2.05) is 0 Å². The van der Waals surface area contributed by atoms with Gasteiger partial charge in [-0.3, -0.25) is 0 Å². The second kappa shape index (κ2) is 7.10. The van der Waals surface area contributed by atoms with Gasteiger partial charge >= 0.3 is 0 Å². The van der Waals surface area contributed by atoms with Gasteiger partial charge in [-0.1, -0.05) is 46.8 Å². The van der Waals surface area contributed by atoms with Crippen LogP contribution in [-0.2, 0) is 4.74 Å². The molecule has 2 bridgehead atoms. The summed E-state index contributed by atoms with van der Waals surface area (Å²) in [7, 11) is 0. The number of fused-ring (bicyclic) bond motifs is 3. The van der Waals surface area contributed by atoms with Gasteiger partial charge in [0.2, 0.25) is 0 Å². The molecule has 5 fully saturated rings. The third-order valence-corrected chi connectivity index (χ3v) is 12.8. The van der Waals surface area contributed by atoms with Crippen molar-refractivity contribution in [2.24, 2.45) is 50.7 Å². The molecule has 2 nitrogen and oxygen atoms in total. The fourth-order valence-corrected chi connectivity index (χ4v) is 10.8. The van der Waals surface area contributed by atoms with E-state index >= 15 is 0 Å². The van der Waals surface area contributed by atoms with E-state index in [0.717, 1.165) is 24.9 Å². The van der Waals surface area contributed by atoms with Crippen LogP contribution >= 0.6 is 0 Å². The van der Waals surface area contributed by atoms with Crippen LogP contribution in [0.3, 0.4) is 0 Å². The molecule has 0 spiro atoms. The predicted molar refractivity (Wildman–Crippen MR) is 131 cm³/mol. The Morgan fingerprint density at radius 1 is 0.969 bits per heavy atom. The number of nitrogens with zero attached hydrogens (tertiary/aromatic N) is 1. The first-order valence-electron chi connectivity index (χ1n) is 13.6. The Kier molecular flexibility index (Phi) is 5.09. The van der Waals surface area contributed by atoms with Gasteiger partial charge in [0.15, 0.2) is 0 Å². The fourth-order valence-electron chi connectivity index (χ4n) is 10.8. The van der Waals surface area contributed by atoms with Crippen molar-refractivity contribution in [3.8, 4) is 6.07 Å². The normalized spacial score (nSPS) is 53.5. The SMILES string of the molecule is C=C(C)C1CC[C@]2(C)C(CCC3[C@H]4[C@H]5OC[C@@]4(CCC5(C)C)CC[C@]32C)[C@@]1(C)CCC#N. The molecule has 178 valence electrons. The van der Waals surface area contributed by atoms with Gasteiger partial charge in [0.1, 0.15) is 0 Å². The van der Waals surface area contributed by atoms with Crippen LogP contribution in [0.5, 0.6) is 0 Å². The van der Waals surface area contributed by atoms with Crippen molar-refractivity contribution >= 4 is 0 Å². The Labute approximate surface area is 197 Å². The summed E-state index contributed by atoms with van der Waals surface area (Å²) in [6.07, 6.45) is 12.9. The van der Waals surface area contributed by atoms with E-state index in [1.165, 1.54) is 56.9 Å². The van der Waals surface area contributed by atoms with Crippen LogP contribution in [0.25, 0.3) is 0 Å². The Hall–Kier alpha value is -0.810. The second-order valence-corrected chi connectivity index (χ2v) is 14.3. The summed E-state index contributed by atoms with van der Waals surface area (Å²) in [5.74, 6) is 2.82. The number of rotatable bonds is 3. The van der Waals surface area contributed by atoms with E-state index in [9.17, 15) is 5.26 Å². The van der Waals surface area contributed by atoms with E-state index in [2.05, 4.69) is 54.2 Å². The minimum absolute atomic E-state index is 0.207. The maximum atomic E-state index is 9.49. The van der Waals surface area contributed by atoms with Gasteiger partial charge in [-0.05, 0) is 115 Å². The van der Waals surface area contributed by atoms with Gasteiger partial charge in [-0.2, -0.15) is 5.26 Å². The highest BCUT2D eigenvalue weighted by molar-refractivity contribution is 5.21. The van der Waals surface area contributed by atoms with Crippen LogP contribution in [0, 0.1) is 62.1 Å². The quantitative estimate of drug-likeness (QED) is 0.420. The van der Waals surface area contributed by atoms with E-state index in [1.54, 1.807) is 0 Å². The first kappa shape index (κ1) is 23.0. The molecule has 2 heteroatoms. The molecule has 1 saturated heterocycles. The van der Waals surface area contributed by atoms with E-state index < -0.39 is 0 Å². The molecule has 32 heavy (non-hydrogen) atoms. The lowest BCUT2D eigenvalue weighted by Crippen LogP contribution is -2.65. The van der Waals surface area contributed by atoms with Crippen LogP contribution in [0.15, 0.2) is 12.2 Å². The van der Waals surface area contributed by atoms with Crippen molar-refractivity contribution in [3.05, 3.63) is 12.2 Å². The highest BCUT2D eigenvalue weighted by Gasteiger charge is 2.71. The monoisotopic (exact) mass is 437 g/mol. The highest BCUT2D eigenvalue weighted by Crippen LogP contribution is 2.76. The van der Waals surface area contributed by atoms with Gasteiger partial charge in [-0.25, -0.2) is 0 Å². The second-order valence-electron chi connectivity index (χ2n) is 14.3. The molecular weight excluding hydrogens is 390 g/mol. The first-order chi connectivity index (χ1) is 15.0. The van der Waals surface area contributed by atoms with E-state index in [0.29, 0.717) is 46.0 Å². The summed E-state index contributed by atoms with van der Waals surface area (Å²) in [5, 5.41) is 9.49. The van der Waals surface area contributed by atoms with Crippen LogP contribution < -0.4 is 0 Å². The van der Waals surface area contributed by atoms with Crippen molar-refractivity contribution in [2.45, 2.75) is 112 Å². The highest BCUT2D eigenvalue weighted by atomic mass is 16.5. The zero-order valence-electron chi connectivity index (χ0n) is 21.7. The minimum atomic E-state index is 0.207. The van der Waals surface area contributed by atoms with Crippen LogP contribution in [0.2, 0.25) is 0 Å². The molecule has 5 rings (SSSR count). The Balaban J connectivity index is 1.55. The molecule has 0 radical (unpaired) electrons. The lowest BCUT2D eigenvalue weighted by Gasteiger charge is -2.71. The van der Waals surface area contributed by atoms with Crippen molar-refractivity contribution < 1.29 is 4.74 Å². The average molecular weight is 438 g/mol. The molecule has 0 aromatic rings. The largest absolute Gasteiger partial charge is 0.377 e. The smallest absolute Gasteiger partial charge is 0.0663 e. The van der Waals surface area contributed by atoms with Gasteiger partial charge < -0.3 is 4.74 Å². The maximum absolute atomic E-state index is 9.49. The molecule has 0 aromatic carbocycles. The average Bonchev–Trinajstić information content (AvgIpc) is 3.06.